The first-order chi connectivity index (χ1) is 9.38. The molecule has 0 aliphatic heterocycles. The molecular formula is C13H13N5S. The fourth-order valence-electron chi connectivity index (χ4n) is 1.82. The number of hydrogen-bond donors (Lipinski definition) is 1. The minimum Gasteiger partial charge on any atom is -0.316 e. The van der Waals surface area contributed by atoms with Crippen molar-refractivity contribution in [2.24, 2.45) is 0 Å². The number of aromatic nitrogens is 4. The Hall–Kier alpha value is -1.92. The van der Waals surface area contributed by atoms with Gasteiger partial charge < -0.3 is 5.32 Å². The molecule has 3 rings (SSSR count). The smallest absolute Gasteiger partial charge is 0.201 e. The van der Waals surface area contributed by atoms with Crippen LogP contribution in [0.1, 0.15) is 5.56 Å². The summed E-state index contributed by atoms with van der Waals surface area (Å²) in [5, 5.41) is 13.3. The van der Waals surface area contributed by atoms with E-state index >= 15 is 0 Å². The van der Waals surface area contributed by atoms with Crippen molar-refractivity contribution in [2.45, 2.75) is 16.7 Å². The van der Waals surface area contributed by atoms with Crippen LogP contribution in [0.25, 0.3) is 5.65 Å². The van der Waals surface area contributed by atoms with Crippen molar-refractivity contribution in [3.63, 3.8) is 0 Å². The summed E-state index contributed by atoms with van der Waals surface area (Å²) in [5.74, 6) is 0. The number of pyridine rings is 2. The van der Waals surface area contributed by atoms with E-state index in [2.05, 4.69) is 26.6 Å². The van der Waals surface area contributed by atoms with E-state index in [0.29, 0.717) is 0 Å². The van der Waals surface area contributed by atoms with E-state index in [1.165, 1.54) is 11.8 Å². The lowest BCUT2D eigenvalue weighted by Gasteiger charge is -2.06. The lowest BCUT2D eigenvalue weighted by molar-refractivity contribution is 0.788. The molecule has 3 aromatic heterocycles. The maximum absolute atomic E-state index is 4.42. The second kappa shape index (κ2) is 5.38. The second-order valence-electron chi connectivity index (χ2n) is 4.01. The molecule has 0 radical (unpaired) electrons. The van der Waals surface area contributed by atoms with Crippen molar-refractivity contribution in [3.05, 3.63) is 48.3 Å². The van der Waals surface area contributed by atoms with Crippen molar-refractivity contribution in [1.82, 2.24) is 24.9 Å². The van der Waals surface area contributed by atoms with Crippen LogP contribution in [0.3, 0.4) is 0 Å². The molecule has 0 aliphatic carbocycles. The van der Waals surface area contributed by atoms with Gasteiger partial charge in [0, 0.05) is 18.9 Å². The third-order valence-corrected chi connectivity index (χ3v) is 3.71. The fraction of sp³-hybridized carbons (Fsp3) is 0.154. The SMILES string of the molecule is CNCc1cccnc1Sc1nnc2ccccn12. The number of nitrogens with one attached hydrogen (secondary N) is 1. The molecule has 96 valence electrons. The van der Waals surface area contributed by atoms with Crippen LogP contribution < -0.4 is 5.32 Å². The summed E-state index contributed by atoms with van der Waals surface area (Å²) in [4.78, 5) is 4.42. The molecule has 0 spiro atoms. The van der Waals surface area contributed by atoms with Gasteiger partial charge in [0.05, 0.1) is 0 Å². The molecule has 0 aliphatic rings. The summed E-state index contributed by atoms with van der Waals surface area (Å²) < 4.78 is 1.96. The zero-order valence-corrected chi connectivity index (χ0v) is 11.3. The van der Waals surface area contributed by atoms with Gasteiger partial charge in [0.15, 0.2) is 5.65 Å². The van der Waals surface area contributed by atoms with Crippen LogP contribution in [0, 0.1) is 0 Å². The number of rotatable bonds is 4. The molecular weight excluding hydrogens is 258 g/mol. The molecule has 0 aromatic carbocycles. The molecule has 0 bridgehead atoms. The molecule has 0 unspecified atom stereocenters. The topological polar surface area (TPSA) is 55.1 Å². The predicted octanol–water partition coefficient (Wildman–Crippen LogP) is 1.99. The van der Waals surface area contributed by atoms with E-state index in [0.717, 1.165) is 27.9 Å². The zero-order valence-electron chi connectivity index (χ0n) is 10.4. The van der Waals surface area contributed by atoms with Crippen molar-refractivity contribution in [1.29, 1.82) is 0 Å². The van der Waals surface area contributed by atoms with Crippen molar-refractivity contribution < 1.29 is 0 Å². The first kappa shape index (κ1) is 12.1. The zero-order chi connectivity index (χ0) is 13.1. The monoisotopic (exact) mass is 271 g/mol. The average molecular weight is 271 g/mol. The van der Waals surface area contributed by atoms with Gasteiger partial charge in [-0.1, -0.05) is 12.1 Å². The fourth-order valence-corrected chi connectivity index (χ4v) is 2.71. The summed E-state index contributed by atoms with van der Waals surface area (Å²) in [6.07, 6.45) is 3.75. The summed E-state index contributed by atoms with van der Waals surface area (Å²) in [5.41, 5.74) is 2.00. The maximum atomic E-state index is 4.42. The van der Waals surface area contributed by atoms with Gasteiger partial charge >= 0.3 is 0 Å². The molecule has 1 N–H and O–H groups in total. The highest BCUT2D eigenvalue weighted by Crippen LogP contribution is 2.27. The van der Waals surface area contributed by atoms with Crippen molar-refractivity contribution in [2.75, 3.05) is 7.05 Å². The summed E-state index contributed by atoms with van der Waals surface area (Å²) in [6.45, 7) is 0.785. The Morgan fingerprint density at radius 1 is 1.21 bits per heavy atom. The lowest BCUT2D eigenvalue weighted by atomic mass is 10.3. The summed E-state index contributed by atoms with van der Waals surface area (Å²) >= 11 is 1.53. The Labute approximate surface area is 115 Å². The Balaban J connectivity index is 1.97. The van der Waals surface area contributed by atoms with Gasteiger partial charge in [0.2, 0.25) is 5.16 Å². The lowest BCUT2D eigenvalue weighted by Crippen LogP contribution is -2.06. The van der Waals surface area contributed by atoms with E-state index < -0.39 is 0 Å². The van der Waals surface area contributed by atoms with E-state index in [4.69, 9.17) is 0 Å². The maximum Gasteiger partial charge on any atom is 0.201 e. The van der Waals surface area contributed by atoms with E-state index in [1.807, 2.05) is 41.9 Å². The van der Waals surface area contributed by atoms with Crippen LogP contribution >= 0.6 is 11.8 Å². The number of hydrogen-bond acceptors (Lipinski definition) is 5. The molecule has 5 nitrogen and oxygen atoms in total. The number of nitrogens with zero attached hydrogens (tertiary/aromatic N) is 4. The third-order valence-electron chi connectivity index (χ3n) is 2.69. The van der Waals surface area contributed by atoms with Gasteiger partial charge in [-0.2, -0.15) is 0 Å². The molecule has 0 amide bonds. The summed E-state index contributed by atoms with van der Waals surface area (Å²) in [7, 11) is 1.92. The first-order valence-electron chi connectivity index (χ1n) is 5.94. The van der Waals surface area contributed by atoms with Gasteiger partial charge in [-0.15, -0.1) is 10.2 Å². The van der Waals surface area contributed by atoms with Gasteiger partial charge in [-0.25, -0.2) is 4.98 Å². The molecule has 3 aromatic rings. The van der Waals surface area contributed by atoms with Crippen LogP contribution in [0.4, 0.5) is 0 Å². The van der Waals surface area contributed by atoms with E-state index in [1.54, 1.807) is 6.20 Å². The van der Waals surface area contributed by atoms with Gasteiger partial charge in [-0.3, -0.25) is 4.40 Å². The molecule has 3 heterocycles. The van der Waals surface area contributed by atoms with Gasteiger partial charge in [0.1, 0.15) is 5.03 Å². The standard InChI is InChI=1S/C13H13N5S/c1-14-9-10-5-4-7-15-12(10)19-13-17-16-11-6-2-3-8-18(11)13/h2-8,14H,9H2,1H3. The average Bonchev–Trinajstić information content (AvgIpc) is 2.85. The minimum atomic E-state index is 0.785. The second-order valence-corrected chi connectivity index (χ2v) is 4.97. The highest BCUT2D eigenvalue weighted by Gasteiger charge is 2.10. The quantitative estimate of drug-likeness (QED) is 0.786. The molecule has 0 saturated carbocycles. The van der Waals surface area contributed by atoms with Gasteiger partial charge in [0.25, 0.3) is 0 Å². The Morgan fingerprint density at radius 2 is 2.16 bits per heavy atom. The Bertz CT molecular complexity index is 694. The highest BCUT2D eigenvalue weighted by atomic mass is 32.2. The summed E-state index contributed by atoms with van der Waals surface area (Å²) in [6, 6.07) is 9.86. The van der Waals surface area contributed by atoms with Crippen LogP contribution in [0.5, 0.6) is 0 Å². The van der Waals surface area contributed by atoms with Crippen LogP contribution in [-0.2, 0) is 6.54 Å². The normalized spacial score (nSPS) is 11.0. The Morgan fingerprint density at radius 3 is 3.05 bits per heavy atom. The molecule has 6 heteroatoms. The highest BCUT2D eigenvalue weighted by molar-refractivity contribution is 7.99. The van der Waals surface area contributed by atoms with E-state index in [9.17, 15) is 0 Å². The molecule has 0 fully saturated rings. The van der Waals surface area contributed by atoms with Crippen LogP contribution in [0.15, 0.2) is 52.9 Å². The van der Waals surface area contributed by atoms with Crippen LogP contribution in [0.2, 0.25) is 0 Å². The third kappa shape index (κ3) is 2.45. The largest absolute Gasteiger partial charge is 0.316 e. The van der Waals surface area contributed by atoms with Gasteiger partial charge in [-0.05, 0) is 42.6 Å². The minimum absolute atomic E-state index is 0.785. The molecule has 0 atom stereocenters. The van der Waals surface area contributed by atoms with Crippen molar-refractivity contribution in [3.8, 4) is 0 Å². The predicted molar refractivity (Wildman–Crippen MR) is 74.1 cm³/mol. The van der Waals surface area contributed by atoms with E-state index in [-0.39, 0.29) is 0 Å². The number of fused-ring (bicyclic) bond motifs is 1. The molecule has 19 heavy (non-hydrogen) atoms. The van der Waals surface area contributed by atoms with Crippen molar-refractivity contribution >= 4 is 17.4 Å². The van der Waals surface area contributed by atoms with Crippen LogP contribution in [-0.4, -0.2) is 26.6 Å². The Kier molecular flexibility index (Phi) is 3.43. The molecule has 0 saturated heterocycles. The first-order valence-corrected chi connectivity index (χ1v) is 6.76.